The van der Waals surface area contributed by atoms with Gasteiger partial charge in [0.25, 0.3) is 0 Å². The van der Waals surface area contributed by atoms with Crippen molar-refractivity contribution < 1.29 is 24.2 Å². The van der Waals surface area contributed by atoms with Gasteiger partial charge in [0.1, 0.15) is 6.61 Å². The number of hydrogen-bond donors (Lipinski definition) is 1. The van der Waals surface area contributed by atoms with Crippen molar-refractivity contribution in [1.29, 1.82) is 0 Å². The highest BCUT2D eigenvalue weighted by atomic mass is 16.6. The van der Waals surface area contributed by atoms with Crippen LogP contribution < -0.4 is 0 Å². The van der Waals surface area contributed by atoms with E-state index in [1.54, 1.807) is 0 Å². The summed E-state index contributed by atoms with van der Waals surface area (Å²) in [6, 6.07) is 0. The second-order valence-corrected chi connectivity index (χ2v) is 12.3. The Balaban J connectivity index is 3.70. The molecule has 0 saturated carbocycles. The third-order valence-corrected chi connectivity index (χ3v) is 7.78. The quantitative estimate of drug-likeness (QED) is 0.0438. The standard InChI is InChI=1S/C41H70O5/c1-3-5-7-9-11-13-15-17-19-20-22-24-26-28-30-32-34-36-41(44)46-39(37-42)38-45-40(43)35-33-31-29-27-25-23-21-18-16-14-12-10-8-6-4-2/h11,13,17-19,21-22,24,28,30,39,42H,3-10,12,14-16,20,23,25-27,29,31-38H2,1-2H3/b13-11-,19-17-,21-18-,24-22-,30-28-. The zero-order valence-electron chi connectivity index (χ0n) is 29.8. The number of unbranched alkanes of at least 4 members (excludes halogenated alkanes) is 15. The number of allylic oxidation sites excluding steroid dienone is 10. The van der Waals surface area contributed by atoms with Gasteiger partial charge in [-0.05, 0) is 77.0 Å². The maximum Gasteiger partial charge on any atom is 0.306 e. The van der Waals surface area contributed by atoms with Crippen molar-refractivity contribution in [3.8, 4) is 0 Å². The van der Waals surface area contributed by atoms with Crippen molar-refractivity contribution in [2.75, 3.05) is 13.2 Å². The van der Waals surface area contributed by atoms with Crippen molar-refractivity contribution in [1.82, 2.24) is 0 Å². The van der Waals surface area contributed by atoms with Crippen LogP contribution in [0.3, 0.4) is 0 Å². The van der Waals surface area contributed by atoms with E-state index in [-0.39, 0.29) is 31.6 Å². The number of rotatable bonds is 33. The molecule has 0 aliphatic heterocycles. The molecule has 5 heteroatoms. The highest BCUT2D eigenvalue weighted by molar-refractivity contribution is 5.70. The Morgan fingerprint density at radius 3 is 1.43 bits per heavy atom. The summed E-state index contributed by atoms with van der Waals surface area (Å²) in [7, 11) is 0. The molecule has 0 radical (unpaired) electrons. The molecule has 0 aliphatic carbocycles. The van der Waals surface area contributed by atoms with Gasteiger partial charge in [0.05, 0.1) is 6.61 Å². The monoisotopic (exact) mass is 643 g/mol. The average Bonchev–Trinajstić information content (AvgIpc) is 3.06. The first kappa shape index (κ1) is 43.6. The van der Waals surface area contributed by atoms with Gasteiger partial charge in [-0.25, -0.2) is 0 Å². The fourth-order valence-corrected chi connectivity index (χ4v) is 4.89. The minimum Gasteiger partial charge on any atom is -0.462 e. The molecule has 0 spiro atoms. The van der Waals surface area contributed by atoms with E-state index in [1.807, 2.05) is 0 Å². The molecule has 0 aliphatic rings. The summed E-state index contributed by atoms with van der Waals surface area (Å²) >= 11 is 0. The molecule has 0 bridgehead atoms. The second-order valence-electron chi connectivity index (χ2n) is 12.3. The third kappa shape index (κ3) is 34.5. The summed E-state index contributed by atoms with van der Waals surface area (Å²) in [6.45, 7) is 4.04. The van der Waals surface area contributed by atoms with Crippen LogP contribution in [0.15, 0.2) is 60.8 Å². The predicted octanol–water partition coefficient (Wildman–Crippen LogP) is 11.6. The number of esters is 2. The lowest BCUT2D eigenvalue weighted by Crippen LogP contribution is -2.28. The molecule has 0 heterocycles. The first-order valence-corrected chi connectivity index (χ1v) is 18.8. The van der Waals surface area contributed by atoms with Crippen molar-refractivity contribution in [2.24, 2.45) is 0 Å². The fraction of sp³-hybridized carbons (Fsp3) is 0.707. The molecule has 1 N–H and O–H groups in total. The summed E-state index contributed by atoms with van der Waals surface area (Å²) in [5.41, 5.74) is 0. The first-order valence-electron chi connectivity index (χ1n) is 18.8. The Morgan fingerprint density at radius 1 is 0.500 bits per heavy atom. The molecule has 0 aromatic rings. The van der Waals surface area contributed by atoms with E-state index < -0.39 is 6.10 Å². The highest BCUT2D eigenvalue weighted by Gasteiger charge is 2.15. The molecular weight excluding hydrogens is 572 g/mol. The molecule has 0 fully saturated rings. The van der Waals surface area contributed by atoms with E-state index in [1.165, 1.54) is 83.5 Å². The van der Waals surface area contributed by atoms with Gasteiger partial charge >= 0.3 is 11.9 Å². The molecule has 1 unspecified atom stereocenters. The number of carbonyl (C=O) groups excluding carboxylic acids is 2. The Morgan fingerprint density at radius 2 is 0.891 bits per heavy atom. The van der Waals surface area contributed by atoms with Gasteiger partial charge in [-0.1, -0.05) is 139 Å². The van der Waals surface area contributed by atoms with Crippen LogP contribution in [-0.4, -0.2) is 36.4 Å². The van der Waals surface area contributed by atoms with Crippen LogP contribution in [0.25, 0.3) is 0 Å². The van der Waals surface area contributed by atoms with Gasteiger partial charge in [-0.2, -0.15) is 0 Å². The van der Waals surface area contributed by atoms with Crippen molar-refractivity contribution in [3.63, 3.8) is 0 Å². The van der Waals surface area contributed by atoms with Crippen molar-refractivity contribution in [3.05, 3.63) is 60.8 Å². The molecule has 264 valence electrons. The summed E-state index contributed by atoms with van der Waals surface area (Å²) in [5, 5.41) is 9.53. The highest BCUT2D eigenvalue weighted by Crippen LogP contribution is 2.11. The topological polar surface area (TPSA) is 72.8 Å². The molecule has 0 saturated heterocycles. The van der Waals surface area contributed by atoms with Crippen molar-refractivity contribution >= 4 is 11.9 Å². The van der Waals surface area contributed by atoms with Crippen LogP contribution in [0.1, 0.15) is 168 Å². The summed E-state index contributed by atoms with van der Waals surface area (Å²) in [4.78, 5) is 24.2. The SMILES string of the molecule is CCCCC/C=C\C/C=C\C/C=C\C/C=C\CCCC(=O)OC(CO)COC(=O)CCCCCCC/C=C\CCCCCCCC. The lowest BCUT2D eigenvalue weighted by Gasteiger charge is -2.15. The Bertz CT molecular complexity index is 823. The third-order valence-electron chi connectivity index (χ3n) is 7.78. The minimum atomic E-state index is -0.804. The van der Waals surface area contributed by atoms with Gasteiger partial charge in [0.15, 0.2) is 6.10 Å². The normalized spacial score (nSPS) is 12.8. The smallest absolute Gasteiger partial charge is 0.306 e. The molecule has 0 amide bonds. The van der Waals surface area contributed by atoms with Crippen LogP contribution in [0.4, 0.5) is 0 Å². The van der Waals surface area contributed by atoms with Gasteiger partial charge in [0, 0.05) is 12.8 Å². The van der Waals surface area contributed by atoms with Gasteiger partial charge < -0.3 is 14.6 Å². The molecule has 0 aromatic carbocycles. The maximum atomic E-state index is 12.1. The summed E-state index contributed by atoms with van der Waals surface area (Å²) in [5.74, 6) is -0.670. The summed E-state index contributed by atoms with van der Waals surface area (Å²) in [6.07, 6.45) is 47.1. The number of hydrogen-bond acceptors (Lipinski definition) is 5. The fourth-order valence-electron chi connectivity index (χ4n) is 4.89. The Labute approximate surface area is 283 Å². The molecule has 1 atom stereocenters. The van der Waals surface area contributed by atoms with Crippen LogP contribution >= 0.6 is 0 Å². The molecule has 0 rings (SSSR count). The zero-order valence-corrected chi connectivity index (χ0v) is 29.8. The minimum absolute atomic E-state index is 0.0939. The molecule has 0 aromatic heterocycles. The Kier molecular flexibility index (Phi) is 35.1. The van der Waals surface area contributed by atoms with Gasteiger partial charge in [0.2, 0.25) is 0 Å². The number of ether oxygens (including phenoxy) is 2. The zero-order chi connectivity index (χ0) is 33.6. The Hall–Kier alpha value is -2.40. The number of aliphatic hydroxyl groups excluding tert-OH is 1. The van der Waals surface area contributed by atoms with E-state index in [4.69, 9.17) is 9.47 Å². The largest absolute Gasteiger partial charge is 0.462 e. The predicted molar refractivity (Wildman–Crippen MR) is 196 cm³/mol. The summed E-state index contributed by atoms with van der Waals surface area (Å²) < 4.78 is 10.5. The molecule has 46 heavy (non-hydrogen) atoms. The molecular formula is C41H70O5. The van der Waals surface area contributed by atoms with E-state index >= 15 is 0 Å². The lowest BCUT2D eigenvalue weighted by atomic mass is 10.1. The lowest BCUT2D eigenvalue weighted by molar-refractivity contribution is -0.161. The van der Waals surface area contributed by atoms with Crippen LogP contribution in [-0.2, 0) is 19.1 Å². The number of aliphatic hydroxyl groups is 1. The van der Waals surface area contributed by atoms with Crippen LogP contribution in [0.5, 0.6) is 0 Å². The van der Waals surface area contributed by atoms with E-state index in [2.05, 4.69) is 74.6 Å². The van der Waals surface area contributed by atoms with Crippen molar-refractivity contribution in [2.45, 2.75) is 174 Å². The van der Waals surface area contributed by atoms with E-state index in [9.17, 15) is 14.7 Å². The van der Waals surface area contributed by atoms with Gasteiger partial charge in [-0.3, -0.25) is 9.59 Å². The molecule has 5 nitrogen and oxygen atoms in total. The maximum absolute atomic E-state index is 12.1. The second kappa shape index (κ2) is 37.1. The van der Waals surface area contributed by atoms with Crippen LogP contribution in [0, 0.1) is 0 Å². The van der Waals surface area contributed by atoms with Gasteiger partial charge in [-0.15, -0.1) is 0 Å². The number of carbonyl (C=O) groups is 2. The first-order chi connectivity index (χ1) is 22.6. The van der Waals surface area contributed by atoms with E-state index in [0.717, 1.165) is 51.4 Å². The average molecular weight is 643 g/mol. The van der Waals surface area contributed by atoms with E-state index in [0.29, 0.717) is 12.8 Å². The van der Waals surface area contributed by atoms with Crippen LogP contribution in [0.2, 0.25) is 0 Å².